The number of likely N-dealkylation sites (N-methyl/N-ethyl adjacent to an activating group) is 1. The number of nitrogens with zero attached hydrogens (tertiary/aromatic N) is 2. The lowest BCUT2D eigenvalue weighted by Crippen LogP contribution is -2.34. The van der Waals surface area contributed by atoms with E-state index in [0.717, 1.165) is 16.1 Å². The Kier molecular flexibility index (Phi) is 6.32. The molecule has 1 aliphatic rings. The lowest BCUT2D eigenvalue weighted by Gasteiger charge is -2.21. The maximum absolute atomic E-state index is 13.6. The van der Waals surface area contributed by atoms with Crippen LogP contribution in [0.5, 0.6) is 5.75 Å². The van der Waals surface area contributed by atoms with Crippen LogP contribution in [0.15, 0.2) is 94.4 Å². The number of imide groups is 1. The molecule has 0 N–H and O–H groups in total. The zero-order valence-corrected chi connectivity index (χ0v) is 19.1. The number of amides is 2. The van der Waals surface area contributed by atoms with Crippen molar-refractivity contribution < 1.29 is 14.3 Å². The molecule has 32 heavy (non-hydrogen) atoms. The SMILES string of the molecule is CCOc1ccc(N2C(=O)C(Sc3ccc(C)cc3)=C(N(C)c3ccccc3)C2=O)cc1. The van der Waals surface area contributed by atoms with E-state index in [1.54, 1.807) is 29.2 Å². The molecule has 3 aromatic carbocycles. The standard InChI is InChI=1S/C26H24N2O3S/c1-4-31-21-14-12-20(13-15-21)28-25(29)23(27(3)19-8-6-5-7-9-19)24(26(28)30)32-22-16-10-18(2)11-17-22/h5-17H,4H2,1-3H3. The second-order valence-electron chi connectivity index (χ2n) is 7.36. The molecule has 1 aliphatic heterocycles. The van der Waals surface area contributed by atoms with E-state index in [1.807, 2.05) is 75.5 Å². The van der Waals surface area contributed by atoms with E-state index in [4.69, 9.17) is 4.74 Å². The first kappa shape index (κ1) is 21.7. The van der Waals surface area contributed by atoms with Crippen molar-refractivity contribution in [3.63, 3.8) is 0 Å². The molecule has 0 fully saturated rings. The van der Waals surface area contributed by atoms with Crippen molar-refractivity contribution in [1.82, 2.24) is 0 Å². The molecule has 0 radical (unpaired) electrons. The number of hydrogen-bond acceptors (Lipinski definition) is 5. The maximum Gasteiger partial charge on any atom is 0.283 e. The number of para-hydroxylation sites is 1. The van der Waals surface area contributed by atoms with Gasteiger partial charge in [-0.25, -0.2) is 4.90 Å². The van der Waals surface area contributed by atoms with Gasteiger partial charge < -0.3 is 9.64 Å². The first-order valence-corrected chi connectivity index (χ1v) is 11.2. The minimum atomic E-state index is -0.347. The molecule has 0 aromatic heterocycles. The second-order valence-corrected chi connectivity index (χ2v) is 8.44. The van der Waals surface area contributed by atoms with E-state index < -0.39 is 0 Å². The summed E-state index contributed by atoms with van der Waals surface area (Å²) in [5, 5.41) is 0. The highest BCUT2D eigenvalue weighted by Crippen LogP contribution is 2.39. The number of ether oxygens (including phenoxy) is 1. The van der Waals surface area contributed by atoms with Crippen LogP contribution in [0.4, 0.5) is 11.4 Å². The normalized spacial score (nSPS) is 13.7. The summed E-state index contributed by atoms with van der Waals surface area (Å²) in [5.41, 5.74) is 2.84. The first-order chi connectivity index (χ1) is 15.5. The molecule has 0 spiro atoms. The van der Waals surface area contributed by atoms with E-state index in [1.165, 1.54) is 16.7 Å². The lowest BCUT2D eigenvalue weighted by molar-refractivity contribution is -0.120. The van der Waals surface area contributed by atoms with Gasteiger partial charge in [-0.2, -0.15) is 0 Å². The Morgan fingerprint density at radius 2 is 1.53 bits per heavy atom. The number of carbonyl (C=O) groups is 2. The van der Waals surface area contributed by atoms with Crippen molar-refractivity contribution in [1.29, 1.82) is 0 Å². The molecule has 3 aromatic rings. The predicted octanol–water partition coefficient (Wildman–Crippen LogP) is 5.41. The average molecular weight is 445 g/mol. The lowest BCUT2D eigenvalue weighted by atomic mass is 10.2. The Hall–Kier alpha value is -3.51. The third-order valence-electron chi connectivity index (χ3n) is 5.14. The molecular weight excluding hydrogens is 420 g/mol. The molecule has 0 unspecified atom stereocenters. The summed E-state index contributed by atoms with van der Waals surface area (Å²) in [6.07, 6.45) is 0. The largest absolute Gasteiger partial charge is 0.494 e. The molecule has 0 atom stereocenters. The van der Waals surface area contributed by atoms with Crippen molar-refractivity contribution in [2.24, 2.45) is 0 Å². The zero-order chi connectivity index (χ0) is 22.7. The molecule has 4 rings (SSSR count). The van der Waals surface area contributed by atoms with Gasteiger partial charge in [-0.05, 0) is 62.4 Å². The molecule has 0 bridgehead atoms. The minimum Gasteiger partial charge on any atom is -0.494 e. The van der Waals surface area contributed by atoms with Crippen LogP contribution in [0.3, 0.4) is 0 Å². The summed E-state index contributed by atoms with van der Waals surface area (Å²) < 4.78 is 5.49. The third-order valence-corrected chi connectivity index (χ3v) is 6.22. The molecule has 1 heterocycles. The number of carbonyl (C=O) groups excluding carboxylic acids is 2. The third kappa shape index (κ3) is 4.27. The summed E-state index contributed by atoms with van der Waals surface area (Å²) >= 11 is 1.31. The Bertz CT molecular complexity index is 1160. The Labute approximate surface area is 192 Å². The minimum absolute atomic E-state index is 0.331. The summed E-state index contributed by atoms with van der Waals surface area (Å²) in [5.74, 6) is 0.0156. The van der Waals surface area contributed by atoms with Crippen LogP contribution in [-0.4, -0.2) is 25.5 Å². The molecule has 0 saturated carbocycles. The van der Waals surface area contributed by atoms with Gasteiger partial charge in [-0.1, -0.05) is 47.7 Å². The molecule has 0 aliphatic carbocycles. The maximum atomic E-state index is 13.6. The Morgan fingerprint density at radius 3 is 2.16 bits per heavy atom. The van der Waals surface area contributed by atoms with E-state index in [0.29, 0.717) is 28.6 Å². The van der Waals surface area contributed by atoms with E-state index in [9.17, 15) is 9.59 Å². The predicted molar refractivity (Wildman–Crippen MR) is 129 cm³/mol. The topological polar surface area (TPSA) is 49.9 Å². The van der Waals surface area contributed by atoms with Crippen LogP contribution < -0.4 is 14.5 Å². The highest BCUT2D eigenvalue weighted by Gasteiger charge is 2.42. The molecule has 6 heteroatoms. The molecular formula is C26H24N2O3S. The van der Waals surface area contributed by atoms with Gasteiger partial charge in [0.1, 0.15) is 16.4 Å². The average Bonchev–Trinajstić information content (AvgIpc) is 3.05. The van der Waals surface area contributed by atoms with Gasteiger partial charge in [0, 0.05) is 17.6 Å². The van der Waals surface area contributed by atoms with E-state index in [-0.39, 0.29) is 11.8 Å². The van der Waals surface area contributed by atoms with Gasteiger partial charge in [0.2, 0.25) is 0 Å². The number of anilines is 2. The number of benzene rings is 3. The van der Waals surface area contributed by atoms with Crippen molar-refractivity contribution in [3.8, 4) is 5.75 Å². The van der Waals surface area contributed by atoms with Gasteiger partial charge in [0.05, 0.1) is 12.3 Å². The molecule has 162 valence electrons. The number of aryl methyl sites for hydroxylation is 1. The Morgan fingerprint density at radius 1 is 0.875 bits per heavy atom. The molecule has 0 saturated heterocycles. The Balaban J connectivity index is 1.74. The highest BCUT2D eigenvalue weighted by molar-refractivity contribution is 8.04. The van der Waals surface area contributed by atoms with Crippen molar-refractivity contribution >= 4 is 35.0 Å². The van der Waals surface area contributed by atoms with E-state index in [2.05, 4.69) is 0 Å². The molecule has 2 amide bonds. The smallest absolute Gasteiger partial charge is 0.283 e. The fourth-order valence-corrected chi connectivity index (χ4v) is 4.49. The van der Waals surface area contributed by atoms with Gasteiger partial charge >= 0.3 is 0 Å². The van der Waals surface area contributed by atoms with Gasteiger partial charge in [-0.15, -0.1) is 0 Å². The van der Waals surface area contributed by atoms with Crippen LogP contribution in [0.1, 0.15) is 12.5 Å². The summed E-state index contributed by atoms with van der Waals surface area (Å²) in [7, 11) is 1.81. The fourth-order valence-electron chi connectivity index (χ4n) is 3.48. The second kappa shape index (κ2) is 9.32. The van der Waals surface area contributed by atoms with Crippen LogP contribution >= 0.6 is 11.8 Å². The van der Waals surface area contributed by atoms with Gasteiger partial charge in [0.15, 0.2) is 0 Å². The van der Waals surface area contributed by atoms with E-state index >= 15 is 0 Å². The van der Waals surface area contributed by atoms with Crippen molar-refractivity contribution in [3.05, 3.63) is 95.0 Å². The summed E-state index contributed by atoms with van der Waals surface area (Å²) in [6, 6.07) is 24.5. The van der Waals surface area contributed by atoms with Gasteiger partial charge in [-0.3, -0.25) is 9.59 Å². The molecule has 5 nitrogen and oxygen atoms in total. The first-order valence-electron chi connectivity index (χ1n) is 10.4. The summed E-state index contributed by atoms with van der Waals surface area (Å²) in [4.78, 5) is 31.4. The summed E-state index contributed by atoms with van der Waals surface area (Å²) in [6.45, 7) is 4.47. The van der Waals surface area contributed by atoms with Crippen molar-refractivity contribution in [2.45, 2.75) is 18.7 Å². The number of rotatable bonds is 7. The van der Waals surface area contributed by atoms with Crippen LogP contribution in [0.25, 0.3) is 0 Å². The van der Waals surface area contributed by atoms with Crippen LogP contribution in [-0.2, 0) is 9.59 Å². The number of hydrogen-bond donors (Lipinski definition) is 0. The van der Waals surface area contributed by atoms with Crippen molar-refractivity contribution in [2.75, 3.05) is 23.5 Å². The number of thioether (sulfide) groups is 1. The van der Waals surface area contributed by atoms with Crippen LogP contribution in [0.2, 0.25) is 0 Å². The zero-order valence-electron chi connectivity index (χ0n) is 18.2. The quantitative estimate of drug-likeness (QED) is 0.456. The van der Waals surface area contributed by atoms with Gasteiger partial charge in [0.25, 0.3) is 11.8 Å². The monoisotopic (exact) mass is 444 g/mol. The van der Waals surface area contributed by atoms with Crippen LogP contribution in [0, 0.1) is 6.92 Å². The fraction of sp³-hybridized carbons (Fsp3) is 0.154. The highest BCUT2D eigenvalue weighted by atomic mass is 32.2.